The number of aromatic nitrogens is 2. The van der Waals surface area contributed by atoms with Crippen LogP contribution in [0.15, 0.2) is 12.3 Å². The molecule has 1 heterocycles. The fourth-order valence-electron chi connectivity index (χ4n) is 1.31. The minimum Gasteiger partial charge on any atom is -0.481 e. The molecule has 5 nitrogen and oxygen atoms in total. The summed E-state index contributed by atoms with van der Waals surface area (Å²) in [6.07, 6.45) is 2.31. The molecule has 0 bridgehead atoms. The second-order valence-electron chi connectivity index (χ2n) is 3.45. The third-order valence-electron chi connectivity index (χ3n) is 2.22. The summed E-state index contributed by atoms with van der Waals surface area (Å²) in [5.74, 6) is -0.520. The van der Waals surface area contributed by atoms with Crippen molar-refractivity contribution in [1.29, 1.82) is 0 Å². The van der Waals surface area contributed by atoms with Gasteiger partial charge in [-0.25, -0.2) is 9.97 Å². The molecule has 1 saturated carbocycles. The van der Waals surface area contributed by atoms with E-state index in [4.69, 9.17) is 5.11 Å². The van der Waals surface area contributed by atoms with Crippen molar-refractivity contribution in [2.24, 2.45) is 5.92 Å². The van der Waals surface area contributed by atoms with Crippen molar-refractivity contribution >= 4 is 11.9 Å². The first-order valence-corrected chi connectivity index (χ1v) is 4.46. The first-order chi connectivity index (χ1) is 6.66. The van der Waals surface area contributed by atoms with Gasteiger partial charge in [0.25, 0.3) is 0 Å². The molecule has 1 aliphatic rings. The van der Waals surface area contributed by atoms with Crippen LogP contribution in [0.1, 0.15) is 12.1 Å². The van der Waals surface area contributed by atoms with Gasteiger partial charge in [-0.1, -0.05) is 0 Å². The van der Waals surface area contributed by atoms with E-state index in [9.17, 15) is 4.79 Å². The molecular weight excluding hydrogens is 182 g/mol. The predicted octanol–water partition coefficient (Wildman–Crippen LogP) is 0.670. The number of carbonyl (C=O) groups is 1. The van der Waals surface area contributed by atoms with Crippen LogP contribution in [0.3, 0.4) is 0 Å². The number of carboxylic acids is 1. The number of hydrogen-bond acceptors (Lipinski definition) is 4. The van der Waals surface area contributed by atoms with Gasteiger partial charge in [0.2, 0.25) is 5.95 Å². The van der Waals surface area contributed by atoms with E-state index < -0.39 is 5.97 Å². The summed E-state index contributed by atoms with van der Waals surface area (Å²) in [7, 11) is 0. The standard InChI is InChI=1S/C9H11N3O2/c1-5-2-3-10-9(11-5)12-7-4-6(7)8(13)14/h2-3,6-7H,4H2,1H3,(H,13,14)(H,10,11,12). The van der Waals surface area contributed by atoms with Crippen LogP contribution in [0.5, 0.6) is 0 Å². The monoisotopic (exact) mass is 193 g/mol. The molecule has 1 aliphatic carbocycles. The molecule has 2 N–H and O–H groups in total. The molecule has 0 aromatic carbocycles. The molecule has 14 heavy (non-hydrogen) atoms. The molecule has 2 atom stereocenters. The highest BCUT2D eigenvalue weighted by Crippen LogP contribution is 2.32. The molecule has 0 radical (unpaired) electrons. The molecule has 0 spiro atoms. The number of nitrogens with one attached hydrogen (secondary N) is 1. The third-order valence-corrected chi connectivity index (χ3v) is 2.22. The average molecular weight is 193 g/mol. The Morgan fingerprint density at radius 3 is 3.07 bits per heavy atom. The van der Waals surface area contributed by atoms with Gasteiger partial charge >= 0.3 is 5.97 Å². The van der Waals surface area contributed by atoms with Crippen LogP contribution < -0.4 is 5.32 Å². The smallest absolute Gasteiger partial charge is 0.308 e. The Morgan fingerprint density at radius 2 is 2.50 bits per heavy atom. The maximum absolute atomic E-state index is 10.5. The summed E-state index contributed by atoms with van der Waals surface area (Å²) in [5, 5.41) is 11.7. The second-order valence-corrected chi connectivity index (χ2v) is 3.45. The summed E-state index contributed by atoms with van der Waals surface area (Å²) in [5.41, 5.74) is 0.870. The summed E-state index contributed by atoms with van der Waals surface area (Å²) in [4.78, 5) is 18.7. The molecule has 0 saturated heterocycles. The quantitative estimate of drug-likeness (QED) is 0.738. The number of aryl methyl sites for hydroxylation is 1. The van der Waals surface area contributed by atoms with Gasteiger partial charge in [0.05, 0.1) is 5.92 Å². The Kier molecular flexibility index (Phi) is 2.07. The van der Waals surface area contributed by atoms with Gasteiger partial charge in [-0.15, -0.1) is 0 Å². The van der Waals surface area contributed by atoms with E-state index in [2.05, 4.69) is 15.3 Å². The fraction of sp³-hybridized carbons (Fsp3) is 0.444. The van der Waals surface area contributed by atoms with Gasteiger partial charge in [0.15, 0.2) is 0 Å². The van der Waals surface area contributed by atoms with E-state index in [1.165, 1.54) is 0 Å². The molecular formula is C9H11N3O2. The normalized spacial score (nSPS) is 24.4. The zero-order chi connectivity index (χ0) is 10.1. The SMILES string of the molecule is Cc1ccnc(NC2CC2C(=O)O)n1. The average Bonchev–Trinajstić information content (AvgIpc) is 2.84. The summed E-state index contributed by atoms with van der Waals surface area (Å²) >= 11 is 0. The summed E-state index contributed by atoms with van der Waals surface area (Å²) in [6, 6.07) is 1.79. The Bertz CT molecular complexity index is 367. The van der Waals surface area contributed by atoms with E-state index in [0.29, 0.717) is 12.4 Å². The molecule has 2 rings (SSSR count). The van der Waals surface area contributed by atoms with Crippen LogP contribution in [-0.2, 0) is 4.79 Å². The third kappa shape index (κ3) is 1.81. The summed E-state index contributed by atoms with van der Waals surface area (Å²) < 4.78 is 0. The molecule has 2 unspecified atom stereocenters. The Hall–Kier alpha value is -1.65. The van der Waals surface area contributed by atoms with Crippen molar-refractivity contribution in [3.8, 4) is 0 Å². The number of nitrogens with zero attached hydrogens (tertiary/aromatic N) is 2. The minimum atomic E-state index is -0.754. The molecule has 74 valence electrons. The lowest BCUT2D eigenvalue weighted by molar-refractivity contribution is -0.138. The topological polar surface area (TPSA) is 75.1 Å². The van der Waals surface area contributed by atoms with E-state index >= 15 is 0 Å². The lowest BCUT2D eigenvalue weighted by atomic mass is 10.4. The number of hydrogen-bond donors (Lipinski definition) is 2. The molecule has 5 heteroatoms. The van der Waals surface area contributed by atoms with E-state index in [-0.39, 0.29) is 12.0 Å². The van der Waals surface area contributed by atoms with Gasteiger partial charge in [-0.05, 0) is 19.4 Å². The number of aliphatic carboxylic acids is 1. The zero-order valence-corrected chi connectivity index (χ0v) is 7.77. The molecule has 0 aliphatic heterocycles. The number of anilines is 1. The lowest BCUT2D eigenvalue weighted by Gasteiger charge is -2.02. The Balaban J connectivity index is 1.97. The van der Waals surface area contributed by atoms with Gasteiger partial charge in [-0.3, -0.25) is 4.79 Å². The predicted molar refractivity (Wildman–Crippen MR) is 49.9 cm³/mol. The van der Waals surface area contributed by atoms with Gasteiger partial charge in [-0.2, -0.15) is 0 Å². The van der Waals surface area contributed by atoms with Gasteiger partial charge in [0, 0.05) is 17.9 Å². The van der Waals surface area contributed by atoms with Crippen molar-refractivity contribution in [1.82, 2.24) is 9.97 Å². The maximum Gasteiger partial charge on any atom is 0.308 e. The minimum absolute atomic E-state index is 0.00528. The number of carboxylic acid groups (broad SMARTS) is 1. The molecule has 0 amide bonds. The zero-order valence-electron chi connectivity index (χ0n) is 7.77. The van der Waals surface area contributed by atoms with Crippen LogP contribution in [0.25, 0.3) is 0 Å². The molecule has 1 fully saturated rings. The second kappa shape index (κ2) is 3.25. The van der Waals surface area contributed by atoms with Crippen LogP contribution in [-0.4, -0.2) is 27.1 Å². The van der Waals surface area contributed by atoms with Gasteiger partial charge in [0.1, 0.15) is 0 Å². The van der Waals surface area contributed by atoms with E-state index in [1.807, 2.05) is 6.92 Å². The van der Waals surface area contributed by atoms with Crippen molar-refractivity contribution in [2.75, 3.05) is 5.32 Å². The molecule has 1 aromatic rings. The van der Waals surface area contributed by atoms with Crippen molar-refractivity contribution in [3.05, 3.63) is 18.0 Å². The van der Waals surface area contributed by atoms with E-state index in [1.54, 1.807) is 12.3 Å². The highest BCUT2D eigenvalue weighted by Gasteiger charge is 2.43. The van der Waals surface area contributed by atoms with Crippen molar-refractivity contribution in [3.63, 3.8) is 0 Å². The van der Waals surface area contributed by atoms with Crippen molar-refractivity contribution < 1.29 is 9.90 Å². The highest BCUT2D eigenvalue weighted by molar-refractivity contribution is 5.75. The first-order valence-electron chi connectivity index (χ1n) is 4.46. The van der Waals surface area contributed by atoms with Crippen LogP contribution >= 0.6 is 0 Å². The lowest BCUT2D eigenvalue weighted by Crippen LogP contribution is -2.12. The van der Waals surface area contributed by atoms with E-state index in [0.717, 1.165) is 5.69 Å². The van der Waals surface area contributed by atoms with Crippen molar-refractivity contribution in [2.45, 2.75) is 19.4 Å². The Morgan fingerprint density at radius 1 is 1.71 bits per heavy atom. The Labute approximate surface area is 81.2 Å². The largest absolute Gasteiger partial charge is 0.481 e. The van der Waals surface area contributed by atoms with Crippen LogP contribution in [0, 0.1) is 12.8 Å². The maximum atomic E-state index is 10.5. The van der Waals surface area contributed by atoms with Gasteiger partial charge < -0.3 is 10.4 Å². The summed E-state index contributed by atoms with van der Waals surface area (Å²) in [6.45, 7) is 1.87. The fourth-order valence-corrected chi connectivity index (χ4v) is 1.31. The highest BCUT2D eigenvalue weighted by atomic mass is 16.4. The van der Waals surface area contributed by atoms with Crippen LogP contribution in [0.4, 0.5) is 5.95 Å². The number of rotatable bonds is 3. The van der Waals surface area contributed by atoms with Crippen LogP contribution in [0.2, 0.25) is 0 Å². The molecule has 1 aromatic heterocycles. The first kappa shape index (κ1) is 8.93.